The fourth-order valence-electron chi connectivity index (χ4n) is 1.79. The molecule has 1 aromatic carbocycles. The van der Waals surface area contributed by atoms with Crippen LogP contribution in [0.3, 0.4) is 0 Å². The third kappa shape index (κ3) is 2.71. The minimum Gasteiger partial charge on any atom is -0.486 e. The smallest absolute Gasteiger partial charge is 0.379 e. The van der Waals surface area contributed by atoms with E-state index in [2.05, 4.69) is 4.74 Å². The minimum absolute atomic E-state index is 0.0147. The molecule has 0 amide bonds. The van der Waals surface area contributed by atoms with Gasteiger partial charge in [-0.25, -0.2) is 13.6 Å². The van der Waals surface area contributed by atoms with E-state index in [1.807, 2.05) is 0 Å². The Bertz CT molecular complexity index is 542. The van der Waals surface area contributed by atoms with Crippen molar-refractivity contribution in [2.24, 2.45) is 0 Å². The van der Waals surface area contributed by atoms with Crippen LogP contribution in [-0.2, 0) is 9.53 Å². The summed E-state index contributed by atoms with van der Waals surface area (Å²) in [5, 5.41) is 0. The van der Waals surface area contributed by atoms with Gasteiger partial charge in [-0.2, -0.15) is 0 Å². The van der Waals surface area contributed by atoms with Crippen LogP contribution in [0.1, 0.15) is 29.3 Å². The van der Waals surface area contributed by atoms with Gasteiger partial charge in [0.05, 0.1) is 6.61 Å². The molecule has 0 radical (unpaired) electrons. The predicted octanol–water partition coefficient (Wildman–Crippen LogP) is 2.14. The summed E-state index contributed by atoms with van der Waals surface area (Å²) in [6.07, 6.45) is -2.92. The summed E-state index contributed by atoms with van der Waals surface area (Å²) in [6, 6.07) is 2.11. The highest BCUT2D eigenvalue weighted by atomic mass is 19.3. The van der Waals surface area contributed by atoms with Crippen LogP contribution >= 0.6 is 0 Å². The summed E-state index contributed by atoms with van der Waals surface area (Å²) in [6.45, 7) is 1.98. The van der Waals surface area contributed by atoms with E-state index in [-0.39, 0.29) is 31.3 Å². The second-order valence-corrected chi connectivity index (χ2v) is 3.93. The van der Waals surface area contributed by atoms with Gasteiger partial charge in [-0.05, 0) is 19.1 Å². The van der Waals surface area contributed by atoms with Crippen molar-refractivity contribution in [3.63, 3.8) is 0 Å². The highest BCUT2D eigenvalue weighted by Crippen LogP contribution is 2.37. The maximum absolute atomic E-state index is 13.0. The van der Waals surface area contributed by atoms with Gasteiger partial charge in [-0.15, -0.1) is 0 Å². The second kappa shape index (κ2) is 5.85. The van der Waals surface area contributed by atoms with Crippen molar-refractivity contribution < 1.29 is 32.6 Å². The van der Waals surface area contributed by atoms with Crippen LogP contribution < -0.4 is 9.47 Å². The molecular formula is C13H12F2O5. The maximum Gasteiger partial charge on any atom is 0.379 e. The molecule has 1 aromatic rings. The molecule has 20 heavy (non-hydrogen) atoms. The number of carbonyl (C=O) groups is 2. The molecule has 0 aliphatic carbocycles. The Morgan fingerprint density at radius 3 is 2.40 bits per heavy atom. The van der Waals surface area contributed by atoms with Gasteiger partial charge in [0, 0.05) is 11.1 Å². The van der Waals surface area contributed by atoms with Crippen molar-refractivity contribution in [1.82, 2.24) is 0 Å². The van der Waals surface area contributed by atoms with E-state index >= 15 is 0 Å². The number of ketones is 1. The molecule has 0 aromatic heterocycles. The highest BCUT2D eigenvalue weighted by molar-refractivity contribution is 6.41. The Labute approximate surface area is 113 Å². The van der Waals surface area contributed by atoms with Gasteiger partial charge in [-0.3, -0.25) is 4.79 Å². The van der Waals surface area contributed by atoms with Crippen LogP contribution in [0.4, 0.5) is 8.78 Å². The standard InChI is InChI=1S/C13H12F2O5/c1-2-18-13(17)11(16)7-5-9-10(20-4-3-19-9)6-8(7)12(14)15/h5-6,12H,2-4H2,1H3. The van der Waals surface area contributed by atoms with Crippen LogP contribution in [0.5, 0.6) is 11.5 Å². The highest BCUT2D eigenvalue weighted by Gasteiger charge is 2.28. The molecule has 7 heteroatoms. The van der Waals surface area contributed by atoms with Crippen molar-refractivity contribution >= 4 is 11.8 Å². The van der Waals surface area contributed by atoms with Gasteiger partial charge in [0.1, 0.15) is 13.2 Å². The number of benzene rings is 1. The third-order valence-corrected chi connectivity index (χ3v) is 2.65. The first-order chi connectivity index (χ1) is 9.54. The van der Waals surface area contributed by atoms with Gasteiger partial charge in [-0.1, -0.05) is 0 Å². The summed E-state index contributed by atoms with van der Waals surface area (Å²) >= 11 is 0. The Balaban J connectivity index is 2.44. The van der Waals surface area contributed by atoms with Crippen molar-refractivity contribution in [2.45, 2.75) is 13.3 Å². The van der Waals surface area contributed by atoms with E-state index in [1.165, 1.54) is 6.92 Å². The lowest BCUT2D eigenvalue weighted by Crippen LogP contribution is -2.21. The normalized spacial score (nSPS) is 13.2. The number of rotatable bonds is 4. The van der Waals surface area contributed by atoms with Gasteiger partial charge < -0.3 is 14.2 Å². The summed E-state index contributed by atoms with van der Waals surface area (Å²) in [4.78, 5) is 23.2. The lowest BCUT2D eigenvalue weighted by molar-refractivity contribution is -0.137. The van der Waals surface area contributed by atoms with Crippen molar-refractivity contribution in [3.8, 4) is 11.5 Å². The molecular weight excluding hydrogens is 274 g/mol. The average Bonchev–Trinajstić information content (AvgIpc) is 2.45. The molecule has 1 heterocycles. The number of carbonyl (C=O) groups excluding carboxylic acids is 2. The largest absolute Gasteiger partial charge is 0.486 e. The zero-order valence-electron chi connectivity index (χ0n) is 10.7. The number of esters is 1. The average molecular weight is 286 g/mol. The van der Waals surface area contributed by atoms with Crippen LogP contribution in [0.15, 0.2) is 12.1 Å². The van der Waals surface area contributed by atoms with Crippen LogP contribution in [0.2, 0.25) is 0 Å². The number of ether oxygens (including phenoxy) is 3. The van der Waals surface area contributed by atoms with Crippen molar-refractivity contribution in [3.05, 3.63) is 23.3 Å². The number of alkyl halides is 2. The number of Topliss-reactive ketones (excluding diaryl/α,β-unsaturated/α-hetero) is 1. The molecule has 0 atom stereocenters. The molecule has 0 saturated carbocycles. The van der Waals surface area contributed by atoms with Gasteiger partial charge in [0.15, 0.2) is 11.5 Å². The van der Waals surface area contributed by atoms with E-state index in [1.54, 1.807) is 0 Å². The molecule has 108 valence electrons. The molecule has 2 rings (SSSR count). The Kier molecular flexibility index (Phi) is 4.16. The quantitative estimate of drug-likeness (QED) is 0.482. The summed E-state index contributed by atoms with van der Waals surface area (Å²) < 4.78 is 40.9. The maximum atomic E-state index is 13.0. The monoisotopic (exact) mass is 286 g/mol. The van der Waals surface area contributed by atoms with Gasteiger partial charge in [0.25, 0.3) is 12.2 Å². The fraction of sp³-hybridized carbons (Fsp3) is 0.385. The lowest BCUT2D eigenvalue weighted by atomic mass is 10.0. The van der Waals surface area contributed by atoms with E-state index in [9.17, 15) is 18.4 Å². The molecule has 0 bridgehead atoms. The number of halogens is 2. The topological polar surface area (TPSA) is 61.8 Å². The Morgan fingerprint density at radius 1 is 1.25 bits per heavy atom. The SMILES string of the molecule is CCOC(=O)C(=O)c1cc2c(cc1C(F)F)OCCO2. The minimum atomic E-state index is -2.92. The molecule has 0 N–H and O–H groups in total. The molecule has 0 unspecified atom stereocenters. The first-order valence-corrected chi connectivity index (χ1v) is 5.97. The fourth-order valence-corrected chi connectivity index (χ4v) is 1.79. The number of hydrogen-bond acceptors (Lipinski definition) is 5. The summed E-state index contributed by atoms with van der Waals surface area (Å²) in [7, 11) is 0. The molecule has 0 fully saturated rings. The molecule has 0 saturated heterocycles. The zero-order chi connectivity index (χ0) is 14.7. The second-order valence-electron chi connectivity index (χ2n) is 3.93. The summed E-state index contributed by atoms with van der Waals surface area (Å²) in [5.41, 5.74) is -1.00. The zero-order valence-corrected chi connectivity index (χ0v) is 10.7. The van der Waals surface area contributed by atoms with Crippen LogP contribution in [-0.4, -0.2) is 31.6 Å². The number of fused-ring (bicyclic) bond motifs is 1. The van der Waals surface area contributed by atoms with E-state index in [0.29, 0.717) is 0 Å². The predicted molar refractivity (Wildman–Crippen MR) is 63.4 cm³/mol. The van der Waals surface area contributed by atoms with Gasteiger partial charge in [0.2, 0.25) is 0 Å². The van der Waals surface area contributed by atoms with Crippen molar-refractivity contribution in [1.29, 1.82) is 0 Å². The Hall–Kier alpha value is -2.18. The van der Waals surface area contributed by atoms with E-state index in [0.717, 1.165) is 12.1 Å². The van der Waals surface area contributed by atoms with Crippen LogP contribution in [0, 0.1) is 0 Å². The van der Waals surface area contributed by atoms with E-state index in [4.69, 9.17) is 9.47 Å². The molecule has 0 spiro atoms. The van der Waals surface area contributed by atoms with Crippen LogP contribution in [0.25, 0.3) is 0 Å². The summed E-state index contributed by atoms with van der Waals surface area (Å²) in [5.74, 6) is -2.01. The Morgan fingerprint density at radius 2 is 1.85 bits per heavy atom. The van der Waals surface area contributed by atoms with E-state index < -0.39 is 29.3 Å². The van der Waals surface area contributed by atoms with Gasteiger partial charge >= 0.3 is 5.97 Å². The first kappa shape index (κ1) is 14.2. The molecule has 1 aliphatic heterocycles. The lowest BCUT2D eigenvalue weighted by Gasteiger charge is -2.20. The first-order valence-electron chi connectivity index (χ1n) is 5.97. The molecule has 1 aliphatic rings. The molecule has 5 nitrogen and oxygen atoms in total. The van der Waals surface area contributed by atoms with Crippen molar-refractivity contribution in [2.75, 3.05) is 19.8 Å². The third-order valence-electron chi connectivity index (χ3n) is 2.65. The number of hydrogen-bond donors (Lipinski definition) is 0.